The summed E-state index contributed by atoms with van der Waals surface area (Å²) in [5.74, 6) is -1.85. The summed E-state index contributed by atoms with van der Waals surface area (Å²) in [6.07, 6.45) is 8.41. The first kappa shape index (κ1) is 23.9. The molecule has 1 unspecified atom stereocenters. The van der Waals surface area contributed by atoms with Gasteiger partial charge in [0.2, 0.25) is 11.7 Å². The summed E-state index contributed by atoms with van der Waals surface area (Å²) in [4.78, 5) is 41.8. The van der Waals surface area contributed by atoms with Gasteiger partial charge in [-0.3, -0.25) is 14.6 Å². The Hall–Kier alpha value is -4.79. The molecular formula is C28H24N4O5. The Morgan fingerprint density at radius 1 is 1.19 bits per heavy atom. The van der Waals surface area contributed by atoms with Gasteiger partial charge in [0.25, 0.3) is 0 Å². The summed E-state index contributed by atoms with van der Waals surface area (Å²) >= 11 is 0. The van der Waals surface area contributed by atoms with Crippen molar-refractivity contribution in [3.8, 4) is 5.75 Å². The molecule has 1 saturated heterocycles. The van der Waals surface area contributed by atoms with Crippen LogP contribution in [-0.2, 0) is 25.7 Å². The van der Waals surface area contributed by atoms with Crippen molar-refractivity contribution in [1.82, 2.24) is 15.0 Å². The second-order valence-electron chi connectivity index (χ2n) is 8.35. The van der Waals surface area contributed by atoms with Crippen LogP contribution in [0.1, 0.15) is 23.6 Å². The van der Waals surface area contributed by atoms with Crippen molar-refractivity contribution in [2.24, 2.45) is 10.9 Å². The number of aliphatic imine (C=N–C) groups is 1. The molecule has 0 amide bonds. The number of H-pyrrole nitrogens is 1. The van der Waals surface area contributed by atoms with E-state index in [-0.39, 0.29) is 18.3 Å². The molecule has 9 heteroatoms. The monoisotopic (exact) mass is 496 g/mol. The highest BCUT2D eigenvalue weighted by atomic mass is 16.5. The molecule has 37 heavy (non-hydrogen) atoms. The average molecular weight is 497 g/mol. The Kier molecular flexibility index (Phi) is 6.76. The number of ether oxygens (including phenoxy) is 3. The summed E-state index contributed by atoms with van der Waals surface area (Å²) in [6, 6.07) is 12.8. The third-order valence-electron chi connectivity index (χ3n) is 5.81. The van der Waals surface area contributed by atoms with Crippen molar-refractivity contribution in [1.29, 1.82) is 0 Å². The number of Topliss-reactive ketones (excluding diaryl/α,β-unsaturated/α-hetero) is 1. The molecule has 1 fully saturated rings. The number of carbonyl (C=O) groups excluding carboxylic acids is 2. The Labute approximate surface area is 212 Å². The molecule has 0 spiro atoms. The van der Waals surface area contributed by atoms with E-state index in [1.54, 1.807) is 56.0 Å². The first-order valence-electron chi connectivity index (χ1n) is 11.8. The van der Waals surface area contributed by atoms with Gasteiger partial charge >= 0.3 is 5.97 Å². The number of hydrogen-bond donors (Lipinski definition) is 1. The number of allylic oxidation sites excluding steroid dienone is 1. The molecule has 0 saturated carbocycles. The predicted octanol–water partition coefficient (Wildman–Crippen LogP) is 4.70. The highest BCUT2D eigenvalue weighted by Gasteiger charge is 2.44. The lowest BCUT2D eigenvalue weighted by atomic mass is 10.0. The maximum Gasteiger partial charge on any atom is 0.326 e. The number of aromatic nitrogens is 3. The number of aromatic amines is 1. The topological polar surface area (TPSA) is 116 Å². The third kappa shape index (κ3) is 5.11. The number of carbonyl (C=O) groups is 2. The fourth-order valence-electron chi connectivity index (χ4n) is 3.94. The number of nitrogens with one attached hydrogen (secondary N) is 1. The van der Waals surface area contributed by atoms with Gasteiger partial charge in [0.05, 0.1) is 12.3 Å². The van der Waals surface area contributed by atoms with Crippen LogP contribution in [0, 0.1) is 12.8 Å². The Morgan fingerprint density at radius 2 is 2.03 bits per heavy atom. The van der Waals surface area contributed by atoms with E-state index in [4.69, 9.17) is 14.2 Å². The van der Waals surface area contributed by atoms with Crippen molar-refractivity contribution in [2.45, 2.75) is 20.5 Å². The SMILES string of the molecule is CCOC(=O)C1C(=O)/C(=C/c2c[nH]c3ncccc23)OC1=Nc1ccc(OCc2ccncc2)cc1C. The van der Waals surface area contributed by atoms with Crippen LogP contribution in [0.5, 0.6) is 5.75 Å². The van der Waals surface area contributed by atoms with Gasteiger partial charge in [-0.05, 0) is 73.5 Å². The zero-order valence-corrected chi connectivity index (χ0v) is 20.3. The number of aryl methyl sites for hydroxylation is 1. The van der Waals surface area contributed by atoms with E-state index in [1.165, 1.54) is 0 Å². The largest absolute Gasteiger partial charge is 0.489 e. The van der Waals surface area contributed by atoms with Gasteiger partial charge < -0.3 is 19.2 Å². The lowest BCUT2D eigenvalue weighted by molar-refractivity contribution is -0.147. The minimum atomic E-state index is -1.28. The maximum atomic E-state index is 13.2. The Morgan fingerprint density at radius 3 is 2.81 bits per heavy atom. The van der Waals surface area contributed by atoms with Crippen molar-refractivity contribution < 1.29 is 23.8 Å². The average Bonchev–Trinajstić information content (AvgIpc) is 3.45. The van der Waals surface area contributed by atoms with E-state index < -0.39 is 17.7 Å². The number of esters is 1. The number of ketones is 1. The van der Waals surface area contributed by atoms with E-state index in [1.807, 2.05) is 31.2 Å². The number of fused-ring (bicyclic) bond motifs is 1. The van der Waals surface area contributed by atoms with E-state index in [9.17, 15) is 9.59 Å². The second-order valence-corrected chi connectivity index (χ2v) is 8.35. The molecule has 1 aromatic carbocycles. The van der Waals surface area contributed by atoms with Gasteiger partial charge in [-0.25, -0.2) is 9.98 Å². The minimum absolute atomic E-state index is 0.0107. The van der Waals surface area contributed by atoms with Crippen LogP contribution >= 0.6 is 0 Å². The molecule has 3 aromatic heterocycles. The quantitative estimate of drug-likeness (QED) is 0.224. The lowest BCUT2D eigenvalue weighted by Crippen LogP contribution is -2.27. The molecule has 186 valence electrons. The summed E-state index contributed by atoms with van der Waals surface area (Å²) in [5.41, 5.74) is 3.72. The molecule has 0 bridgehead atoms. The molecule has 1 N–H and O–H groups in total. The summed E-state index contributed by atoms with van der Waals surface area (Å²) in [6.45, 7) is 4.07. The fourth-order valence-corrected chi connectivity index (χ4v) is 3.94. The smallest absolute Gasteiger partial charge is 0.326 e. The standard InChI is InChI=1S/C28H24N4O5/c1-3-35-28(34)24-25(33)23(14-19-15-31-26-21(19)5-4-10-30-26)37-27(24)32-22-7-6-20(13-17(22)2)36-16-18-8-11-29-12-9-18/h4-15,24H,3,16H2,1-2H3,(H,30,31)/b23-14-,32-27?. The van der Waals surface area contributed by atoms with Crippen LogP contribution in [0.2, 0.25) is 0 Å². The zero-order chi connectivity index (χ0) is 25.8. The highest BCUT2D eigenvalue weighted by Crippen LogP contribution is 2.31. The molecule has 1 atom stereocenters. The van der Waals surface area contributed by atoms with Crippen molar-refractivity contribution >= 4 is 40.4 Å². The predicted molar refractivity (Wildman–Crippen MR) is 137 cm³/mol. The lowest BCUT2D eigenvalue weighted by Gasteiger charge is -2.10. The molecule has 4 heterocycles. The first-order valence-corrected chi connectivity index (χ1v) is 11.8. The third-order valence-corrected chi connectivity index (χ3v) is 5.81. The summed E-state index contributed by atoms with van der Waals surface area (Å²) in [5, 5.41) is 0.822. The summed E-state index contributed by atoms with van der Waals surface area (Å²) in [7, 11) is 0. The van der Waals surface area contributed by atoms with Crippen LogP contribution in [0.4, 0.5) is 5.69 Å². The second kappa shape index (κ2) is 10.4. The molecule has 1 aliphatic rings. The van der Waals surface area contributed by atoms with Crippen molar-refractivity contribution in [3.05, 3.63) is 89.7 Å². The van der Waals surface area contributed by atoms with Crippen molar-refractivity contribution in [2.75, 3.05) is 6.61 Å². The number of benzene rings is 1. The van der Waals surface area contributed by atoms with E-state index in [0.717, 1.165) is 16.5 Å². The Balaban J connectivity index is 1.43. The molecule has 5 rings (SSSR count). The van der Waals surface area contributed by atoms with E-state index in [0.29, 0.717) is 29.3 Å². The highest BCUT2D eigenvalue weighted by molar-refractivity contribution is 6.27. The normalized spacial score (nSPS) is 17.4. The fraction of sp³-hybridized carbons (Fsp3) is 0.179. The molecule has 1 aliphatic heterocycles. The van der Waals surface area contributed by atoms with Crippen LogP contribution in [0.3, 0.4) is 0 Å². The number of nitrogens with zero attached hydrogens (tertiary/aromatic N) is 3. The number of rotatable bonds is 7. The van der Waals surface area contributed by atoms with Gasteiger partial charge in [-0.1, -0.05) is 0 Å². The van der Waals surface area contributed by atoms with E-state index in [2.05, 4.69) is 19.9 Å². The molecule has 0 aliphatic carbocycles. The van der Waals surface area contributed by atoms with Crippen LogP contribution in [0.25, 0.3) is 17.1 Å². The van der Waals surface area contributed by atoms with Gasteiger partial charge in [-0.15, -0.1) is 0 Å². The van der Waals surface area contributed by atoms with Crippen LogP contribution in [0.15, 0.2) is 78.0 Å². The molecule has 9 nitrogen and oxygen atoms in total. The van der Waals surface area contributed by atoms with E-state index >= 15 is 0 Å². The molecule has 4 aromatic rings. The molecular weight excluding hydrogens is 472 g/mol. The molecule has 0 radical (unpaired) electrons. The zero-order valence-electron chi connectivity index (χ0n) is 20.3. The minimum Gasteiger partial charge on any atom is -0.489 e. The van der Waals surface area contributed by atoms with Crippen molar-refractivity contribution in [3.63, 3.8) is 0 Å². The van der Waals surface area contributed by atoms with Gasteiger partial charge in [0.1, 0.15) is 18.0 Å². The number of pyridine rings is 2. The van der Waals surface area contributed by atoms with Gasteiger partial charge in [0, 0.05) is 35.7 Å². The van der Waals surface area contributed by atoms with Crippen LogP contribution in [-0.4, -0.2) is 39.2 Å². The number of hydrogen-bond acceptors (Lipinski definition) is 8. The van der Waals surface area contributed by atoms with Gasteiger partial charge in [0.15, 0.2) is 11.7 Å². The van der Waals surface area contributed by atoms with Gasteiger partial charge in [-0.2, -0.15) is 0 Å². The summed E-state index contributed by atoms with van der Waals surface area (Å²) < 4.78 is 16.9. The first-order chi connectivity index (χ1) is 18.0. The van der Waals surface area contributed by atoms with Crippen LogP contribution < -0.4 is 4.74 Å². The Bertz CT molecular complexity index is 1520. The maximum absolute atomic E-state index is 13.2.